The second-order valence-corrected chi connectivity index (χ2v) is 3.79. The molecule has 1 fully saturated rings. The van der Waals surface area contributed by atoms with Crippen LogP contribution >= 0.6 is 0 Å². The van der Waals surface area contributed by atoms with Crippen molar-refractivity contribution < 1.29 is 4.79 Å². The summed E-state index contributed by atoms with van der Waals surface area (Å²) in [5.41, 5.74) is 2.34. The third kappa shape index (κ3) is 1.05. The molecule has 0 bridgehead atoms. The number of hydrogen-bond donors (Lipinski definition) is 0. The maximum Gasteiger partial charge on any atom is 0.149 e. The standard InChI is InChI=1S/C13H10O/c14-13-11(9-5-1-2-6-9)12(13)10-7-3-4-8-10/h1-8,11-12H/t11-,12?/m0/s1. The van der Waals surface area contributed by atoms with Gasteiger partial charge in [-0.25, -0.2) is 0 Å². The average molecular weight is 182 g/mol. The van der Waals surface area contributed by atoms with Crippen molar-refractivity contribution in [1.29, 1.82) is 0 Å². The molecule has 2 radical (unpaired) electrons. The van der Waals surface area contributed by atoms with Gasteiger partial charge in [-0.15, -0.1) is 0 Å². The van der Waals surface area contributed by atoms with Crippen LogP contribution in [0.4, 0.5) is 0 Å². The van der Waals surface area contributed by atoms with Crippen molar-refractivity contribution in [3.8, 4) is 0 Å². The quantitative estimate of drug-likeness (QED) is 0.639. The molecule has 0 spiro atoms. The SMILES string of the molecule is O=C1C(C2=CC=C[CH]2)[C@@H]1C1=C[CH]C=C1. The molecule has 1 nitrogen and oxygen atoms in total. The predicted octanol–water partition coefficient (Wildman–Crippen LogP) is 2.20. The smallest absolute Gasteiger partial charge is 0.149 e. The van der Waals surface area contributed by atoms with Crippen LogP contribution in [0.3, 0.4) is 0 Å². The fourth-order valence-corrected chi connectivity index (χ4v) is 2.15. The van der Waals surface area contributed by atoms with Gasteiger partial charge in [0, 0.05) is 12.8 Å². The van der Waals surface area contributed by atoms with E-state index < -0.39 is 0 Å². The van der Waals surface area contributed by atoms with Gasteiger partial charge in [0.05, 0.1) is 11.8 Å². The van der Waals surface area contributed by atoms with Crippen molar-refractivity contribution in [3.63, 3.8) is 0 Å². The van der Waals surface area contributed by atoms with Gasteiger partial charge in [-0.3, -0.25) is 4.79 Å². The van der Waals surface area contributed by atoms with Gasteiger partial charge in [-0.2, -0.15) is 0 Å². The van der Waals surface area contributed by atoms with E-state index in [9.17, 15) is 4.79 Å². The van der Waals surface area contributed by atoms with E-state index in [-0.39, 0.29) is 11.8 Å². The number of carbonyl (C=O) groups is 1. The number of hydrogen-bond acceptors (Lipinski definition) is 1. The minimum Gasteiger partial charge on any atom is -0.298 e. The van der Waals surface area contributed by atoms with Crippen molar-refractivity contribution in [1.82, 2.24) is 0 Å². The molecule has 0 aromatic rings. The zero-order valence-corrected chi connectivity index (χ0v) is 7.68. The predicted molar refractivity (Wildman–Crippen MR) is 55.0 cm³/mol. The maximum atomic E-state index is 11.6. The third-order valence-electron chi connectivity index (χ3n) is 2.93. The Hall–Kier alpha value is -1.37. The van der Waals surface area contributed by atoms with E-state index in [1.165, 1.54) is 11.1 Å². The first-order valence-electron chi connectivity index (χ1n) is 4.85. The summed E-state index contributed by atoms with van der Waals surface area (Å²) in [6.45, 7) is 0. The van der Waals surface area contributed by atoms with Gasteiger partial charge in [0.1, 0.15) is 5.78 Å². The van der Waals surface area contributed by atoms with Crippen molar-refractivity contribution in [2.45, 2.75) is 0 Å². The van der Waals surface area contributed by atoms with E-state index in [2.05, 4.69) is 0 Å². The van der Waals surface area contributed by atoms with Crippen molar-refractivity contribution in [2.75, 3.05) is 0 Å². The highest BCUT2D eigenvalue weighted by Gasteiger charge is 2.52. The van der Waals surface area contributed by atoms with E-state index in [1.54, 1.807) is 0 Å². The number of rotatable bonds is 2. The fourth-order valence-electron chi connectivity index (χ4n) is 2.15. The Balaban J connectivity index is 1.80. The van der Waals surface area contributed by atoms with Crippen LogP contribution in [0, 0.1) is 24.7 Å². The van der Waals surface area contributed by atoms with Crippen molar-refractivity contribution in [3.05, 3.63) is 60.4 Å². The second kappa shape index (κ2) is 2.81. The molecule has 0 aromatic carbocycles. The number of ketones is 1. The van der Waals surface area contributed by atoms with Crippen molar-refractivity contribution in [2.24, 2.45) is 11.8 Å². The molecule has 3 rings (SSSR count). The molecule has 1 saturated carbocycles. The molecule has 1 unspecified atom stereocenters. The molecule has 3 aliphatic carbocycles. The molecule has 0 saturated heterocycles. The van der Waals surface area contributed by atoms with Crippen LogP contribution in [0.2, 0.25) is 0 Å². The molecule has 0 N–H and O–H groups in total. The zero-order chi connectivity index (χ0) is 9.54. The van der Waals surface area contributed by atoms with E-state index in [1.807, 2.05) is 49.3 Å². The van der Waals surface area contributed by atoms with Crippen LogP contribution in [-0.2, 0) is 4.79 Å². The molecule has 0 amide bonds. The van der Waals surface area contributed by atoms with E-state index >= 15 is 0 Å². The lowest BCUT2D eigenvalue weighted by atomic mass is 10.1. The second-order valence-electron chi connectivity index (χ2n) is 3.79. The summed E-state index contributed by atoms with van der Waals surface area (Å²) in [5.74, 6) is 0.627. The highest BCUT2D eigenvalue weighted by molar-refractivity contribution is 6.06. The summed E-state index contributed by atoms with van der Waals surface area (Å²) >= 11 is 0. The summed E-state index contributed by atoms with van der Waals surface area (Å²) in [7, 11) is 0. The van der Waals surface area contributed by atoms with Crippen LogP contribution in [0.15, 0.2) is 47.6 Å². The lowest BCUT2D eigenvalue weighted by Gasteiger charge is -1.96. The van der Waals surface area contributed by atoms with Gasteiger partial charge >= 0.3 is 0 Å². The third-order valence-corrected chi connectivity index (χ3v) is 2.93. The Labute approximate surface area is 83.5 Å². The summed E-state index contributed by atoms with van der Waals surface area (Å²) < 4.78 is 0. The first-order valence-corrected chi connectivity index (χ1v) is 4.85. The normalized spacial score (nSPS) is 33.6. The van der Waals surface area contributed by atoms with E-state index in [0.717, 1.165) is 0 Å². The molecule has 68 valence electrons. The van der Waals surface area contributed by atoms with Crippen molar-refractivity contribution >= 4 is 5.78 Å². The minimum atomic E-state index is 0.132. The van der Waals surface area contributed by atoms with Crippen LogP contribution in [0.5, 0.6) is 0 Å². The Bertz CT molecular complexity index is 407. The molecule has 0 aliphatic heterocycles. The number of carbonyl (C=O) groups excluding carboxylic acids is 1. The summed E-state index contributed by atoms with van der Waals surface area (Å²) in [6, 6.07) is 0. The molecule has 2 atom stereocenters. The molecule has 14 heavy (non-hydrogen) atoms. The Morgan fingerprint density at radius 1 is 0.929 bits per heavy atom. The van der Waals surface area contributed by atoms with Gasteiger partial charge in [-0.05, 0) is 5.57 Å². The number of Topliss-reactive ketones (excluding diaryl/α,β-unsaturated/α-hetero) is 1. The molecule has 1 heteroatoms. The molecule has 0 heterocycles. The average Bonchev–Trinajstić information content (AvgIpc) is 2.76. The van der Waals surface area contributed by atoms with Gasteiger partial charge < -0.3 is 0 Å². The highest BCUT2D eigenvalue weighted by atomic mass is 16.1. The van der Waals surface area contributed by atoms with Gasteiger partial charge in [0.25, 0.3) is 0 Å². The molecular formula is C13H10O. The molecule has 3 aliphatic rings. The largest absolute Gasteiger partial charge is 0.298 e. The van der Waals surface area contributed by atoms with Gasteiger partial charge in [0.2, 0.25) is 0 Å². The van der Waals surface area contributed by atoms with E-state index in [0.29, 0.717) is 5.78 Å². The summed E-state index contributed by atoms with van der Waals surface area (Å²) in [5, 5.41) is 0. The summed E-state index contributed by atoms with van der Waals surface area (Å²) in [4.78, 5) is 11.6. The fraction of sp³-hybridized carbons (Fsp3) is 0.154. The Morgan fingerprint density at radius 2 is 1.79 bits per heavy atom. The lowest BCUT2D eigenvalue weighted by Crippen LogP contribution is -1.88. The van der Waals surface area contributed by atoms with Crippen LogP contribution < -0.4 is 0 Å². The highest BCUT2D eigenvalue weighted by Crippen LogP contribution is 2.47. The number of allylic oxidation sites excluding steroid dienone is 8. The van der Waals surface area contributed by atoms with Crippen LogP contribution in [0.1, 0.15) is 0 Å². The molecule has 0 aromatic heterocycles. The minimum absolute atomic E-state index is 0.132. The maximum absolute atomic E-state index is 11.6. The van der Waals surface area contributed by atoms with Crippen LogP contribution in [0.25, 0.3) is 0 Å². The monoisotopic (exact) mass is 182 g/mol. The molecular weight excluding hydrogens is 172 g/mol. The topological polar surface area (TPSA) is 17.1 Å². The Morgan fingerprint density at radius 3 is 2.43 bits per heavy atom. The first-order chi connectivity index (χ1) is 6.88. The van der Waals surface area contributed by atoms with Gasteiger partial charge in [0.15, 0.2) is 0 Å². The first kappa shape index (κ1) is 7.98. The van der Waals surface area contributed by atoms with Gasteiger partial charge in [-0.1, -0.05) is 42.0 Å². The van der Waals surface area contributed by atoms with Crippen LogP contribution in [-0.4, -0.2) is 5.78 Å². The van der Waals surface area contributed by atoms with E-state index in [4.69, 9.17) is 0 Å². The Kier molecular flexibility index (Phi) is 1.60. The zero-order valence-electron chi connectivity index (χ0n) is 7.68. The lowest BCUT2D eigenvalue weighted by molar-refractivity contribution is -0.111. The summed E-state index contributed by atoms with van der Waals surface area (Å²) in [6.07, 6.45) is 16.1.